The minimum absolute atomic E-state index is 0.238. The van der Waals surface area contributed by atoms with Crippen molar-refractivity contribution in [3.8, 4) is 0 Å². The van der Waals surface area contributed by atoms with Crippen LogP contribution in [0, 0.1) is 5.95 Å². The molecule has 6 heteroatoms. The van der Waals surface area contributed by atoms with Gasteiger partial charge >= 0.3 is 5.97 Å². The van der Waals surface area contributed by atoms with Gasteiger partial charge in [0.25, 0.3) is 0 Å². The Morgan fingerprint density at radius 1 is 1.80 bits per heavy atom. The summed E-state index contributed by atoms with van der Waals surface area (Å²) < 4.78 is 12.6. The summed E-state index contributed by atoms with van der Waals surface area (Å²) in [4.78, 5) is 13.0. The topological polar surface area (TPSA) is 50.2 Å². The number of aromatic nitrogens is 1. The van der Waals surface area contributed by atoms with Crippen LogP contribution in [-0.2, 0) is 0 Å². The van der Waals surface area contributed by atoms with Crippen LogP contribution in [0.3, 0.4) is 0 Å². The third-order valence-corrected chi connectivity index (χ3v) is 2.22. The first kappa shape index (κ1) is 7.62. The molecule has 0 aromatic carbocycles. The zero-order valence-electron chi connectivity index (χ0n) is 4.47. The number of carboxylic acid groups (broad SMARTS) is 1. The monoisotopic (exact) mass is 225 g/mol. The van der Waals surface area contributed by atoms with Crippen molar-refractivity contribution in [1.29, 1.82) is 0 Å². The van der Waals surface area contributed by atoms with Crippen LogP contribution < -0.4 is 0 Å². The second-order valence-electron chi connectivity index (χ2n) is 1.39. The summed E-state index contributed by atoms with van der Waals surface area (Å²) in [5.41, 5.74) is 0. The Bertz CT molecular complexity index is 274. The highest BCUT2D eigenvalue weighted by molar-refractivity contribution is 9.11. The van der Waals surface area contributed by atoms with Crippen LogP contribution in [0.5, 0.6) is 0 Å². The Morgan fingerprint density at radius 3 is 2.60 bits per heavy atom. The number of halogens is 2. The van der Waals surface area contributed by atoms with E-state index in [9.17, 15) is 9.18 Å². The van der Waals surface area contributed by atoms with E-state index in [0.717, 1.165) is 11.3 Å². The number of hydrogen-bond acceptors (Lipinski definition) is 3. The predicted molar refractivity (Wildman–Crippen MR) is 36.7 cm³/mol. The van der Waals surface area contributed by atoms with Gasteiger partial charge in [-0.2, -0.15) is 4.39 Å². The average Bonchev–Trinajstić information content (AvgIpc) is 2.10. The molecule has 0 atom stereocenters. The first-order valence-corrected chi connectivity index (χ1v) is 3.77. The zero-order valence-corrected chi connectivity index (χ0v) is 6.87. The SMILES string of the molecule is O=C(O)c1sc(Br)nc1F. The van der Waals surface area contributed by atoms with Gasteiger partial charge in [0.05, 0.1) is 0 Å². The van der Waals surface area contributed by atoms with Gasteiger partial charge in [0, 0.05) is 0 Å². The molecular weight excluding hydrogens is 225 g/mol. The van der Waals surface area contributed by atoms with Crippen molar-refractivity contribution in [3.63, 3.8) is 0 Å². The summed E-state index contributed by atoms with van der Waals surface area (Å²) >= 11 is 3.61. The molecule has 0 bridgehead atoms. The predicted octanol–water partition coefficient (Wildman–Crippen LogP) is 1.74. The Labute approximate surface area is 67.6 Å². The second kappa shape index (κ2) is 2.63. The van der Waals surface area contributed by atoms with E-state index in [4.69, 9.17) is 5.11 Å². The van der Waals surface area contributed by atoms with Crippen molar-refractivity contribution in [3.05, 3.63) is 14.7 Å². The molecule has 0 aliphatic rings. The normalized spacial score (nSPS) is 9.80. The molecule has 1 rings (SSSR count). The molecule has 0 unspecified atom stereocenters. The summed E-state index contributed by atoms with van der Waals surface area (Å²) in [6, 6.07) is 0. The molecule has 1 heterocycles. The Morgan fingerprint density at radius 2 is 2.40 bits per heavy atom. The number of carboxylic acids is 1. The van der Waals surface area contributed by atoms with Crippen molar-refractivity contribution < 1.29 is 14.3 Å². The summed E-state index contributed by atoms with van der Waals surface area (Å²) in [6.07, 6.45) is 0. The van der Waals surface area contributed by atoms with E-state index in [-0.39, 0.29) is 8.79 Å². The lowest BCUT2D eigenvalue weighted by Crippen LogP contribution is -1.94. The molecular formula is C4HBrFNO2S. The molecule has 0 saturated carbocycles. The van der Waals surface area contributed by atoms with Gasteiger partial charge in [0.15, 0.2) is 8.79 Å². The van der Waals surface area contributed by atoms with Crippen LogP contribution in [0.4, 0.5) is 4.39 Å². The van der Waals surface area contributed by atoms with Crippen molar-refractivity contribution >= 4 is 33.2 Å². The molecule has 0 aliphatic heterocycles. The fourth-order valence-electron chi connectivity index (χ4n) is 0.409. The van der Waals surface area contributed by atoms with Gasteiger partial charge in [-0.3, -0.25) is 0 Å². The van der Waals surface area contributed by atoms with Crippen molar-refractivity contribution in [2.24, 2.45) is 0 Å². The molecule has 1 aromatic heterocycles. The van der Waals surface area contributed by atoms with E-state index in [1.54, 1.807) is 0 Å². The lowest BCUT2D eigenvalue weighted by molar-refractivity contribution is 0.0697. The fourth-order valence-corrected chi connectivity index (χ4v) is 1.56. The van der Waals surface area contributed by atoms with E-state index in [2.05, 4.69) is 20.9 Å². The third kappa shape index (κ3) is 1.32. The summed E-state index contributed by atoms with van der Waals surface area (Å²) in [5.74, 6) is -2.23. The Hall–Kier alpha value is -0.490. The lowest BCUT2D eigenvalue weighted by atomic mass is 10.5. The van der Waals surface area contributed by atoms with Gasteiger partial charge in [-0.05, 0) is 15.9 Å². The molecule has 10 heavy (non-hydrogen) atoms. The minimum atomic E-state index is -1.29. The van der Waals surface area contributed by atoms with Crippen molar-refractivity contribution in [2.75, 3.05) is 0 Å². The molecule has 1 aromatic rings. The number of hydrogen-bond donors (Lipinski definition) is 1. The maximum Gasteiger partial charge on any atom is 0.350 e. The first-order chi connectivity index (χ1) is 4.61. The number of carbonyl (C=O) groups is 1. The van der Waals surface area contributed by atoms with Crippen LogP contribution in [0.1, 0.15) is 9.67 Å². The van der Waals surface area contributed by atoms with E-state index >= 15 is 0 Å². The minimum Gasteiger partial charge on any atom is -0.477 e. The molecule has 54 valence electrons. The van der Waals surface area contributed by atoms with Gasteiger partial charge in [0.2, 0.25) is 5.95 Å². The van der Waals surface area contributed by atoms with Gasteiger partial charge in [-0.15, -0.1) is 0 Å². The molecule has 0 amide bonds. The Balaban J connectivity index is 3.15. The number of rotatable bonds is 1. The molecule has 0 saturated heterocycles. The molecule has 0 aliphatic carbocycles. The summed E-state index contributed by atoms with van der Waals surface area (Å²) in [6.45, 7) is 0. The highest BCUT2D eigenvalue weighted by atomic mass is 79.9. The van der Waals surface area contributed by atoms with E-state index < -0.39 is 11.9 Å². The van der Waals surface area contributed by atoms with Crippen molar-refractivity contribution in [2.45, 2.75) is 0 Å². The third-order valence-electron chi connectivity index (χ3n) is 0.754. The van der Waals surface area contributed by atoms with Gasteiger partial charge in [-0.1, -0.05) is 11.3 Å². The van der Waals surface area contributed by atoms with Crippen LogP contribution >= 0.6 is 27.3 Å². The maximum absolute atomic E-state index is 12.3. The standard InChI is InChI=1S/C4HBrFNO2S/c5-4-7-2(6)1(10-4)3(8)9/h(H,8,9). The lowest BCUT2D eigenvalue weighted by Gasteiger charge is -1.81. The number of nitrogens with zero attached hydrogens (tertiary/aromatic N) is 1. The Kier molecular flexibility index (Phi) is 2.00. The van der Waals surface area contributed by atoms with Crippen molar-refractivity contribution in [1.82, 2.24) is 4.98 Å². The molecule has 3 nitrogen and oxygen atoms in total. The van der Waals surface area contributed by atoms with Crippen LogP contribution in [-0.4, -0.2) is 16.1 Å². The molecule has 0 spiro atoms. The largest absolute Gasteiger partial charge is 0.477 e. The highest BCUT2D eigenvalue weighted by Crippen LogP contribution is 2.21. The van der Waals surface area contributed by atoms with Crippen LogP contribution in [0.2, 0.25) is 0 Å². The number of thiazole rings is 1. The highest BCUT2D eigenvalue weighted by Gasteiger charge is 2.15. The smallest absolute Gasteiger partial charge is 0.350 e. The van der Waals surface area contributed by atoms with E-state index in [1.165, 1.54) is 0 Å². The quantitative estimate of drug-likeness (QED) is 0.793. The fraction of sp³-hybridized carbons (Fsp3) is 0. The van der Waals surface area contributed by atoms with Gasteiger partial charge in [0.1, 0.15) is 0 Å². The zero-order chi connectivity index (χ0) is 7.72. The summed E-state index contributed by atoms with van der Waals surface area (Å²) in [7, 11) is 0. The molecule has 0 fully saturated rings. The second-order valence-corrected chi connectivity index (χ2v) is 3.67. The summed E-state index contributed by atoms with van der Waals surface area (Å²) in [5, 5.41) is 8.29. The van der Waals surface area contributed by atoms with Crippen LogP contribution in [0.15, 0.2) is 3.92 Å². The molecule has 0 radical (unpaired) electrons. The average molecular weight is 226 g/mol. The van der Waals surface area contributed by atoms with Gasteiger partial charge < -0.3 is 5.11 Å². The van der Waals surface area contributed by atoms with E-state index in [0.29, 0.717) is 0 Å². The first-order valence-electron chi connectivity index (χ1n) is 2.16. The van der Waals surface area contributed by atoms with Gasteiger partial charge in [-0.25, -0.2) is 9.78 Å². The molecule has 1 N–H and O–H groups in total. The van der Waals surface area contributed by atoms with E-state index in [1.807, 2.05) is 0 Å². The number of aromatic carboxylic acids is 1. The maximum atomic E-state index is 12.3. The van der Waals surface area contributed by atoms with Crippen LogP contribution in [0.25, 0.3) is 0 Å².